The van der Waals surface area contributed by atoms with E-state index in [9.17, 15) is 0 Å². The largest absolute Gasteiger partial charge is 0.399 e. The Bertz CT molecular complexity index is 407. The van der Waals surface area contributed by atoms with Crippen molar-refractivity contribution in [3.8, 4) is 0 Å². The van der Waals surface area contributed by atoms with Gasteiger partial charge in [-0.3, -0.25) is 4.90 Å². The molecule has 0 amide bonds. The number of piperazine rings is 1. The van der Waals surface area contributed by atoms with Gasteiger partial charge in [-0.1, -0.05) is 13.3 Å². The molecule has 1 fully saturated rings. The third kappa shape index (κ3) is 4.61. The summed E-state index contributed by atoms with van der Waals surface area (Å²) in [6.07, 6.45) is 2.54. The first-order chi connectivity index (χ1) is 10.1. The van der Waals surface area contributed by atoms with Gasteiger partial charge in [0.2, 0.25) is 0 Å². The Labute approximate surface area is 129 Å². The van der Waals surface area contributed by atoms with E-state index in [1.165, 1.54) is 25.1 Å². The van der Waals surface area contributed by atoms with Gasteiger partial charge < -0.3 is 15.5 Å². The molecule has 4 nitrogen and oxygen atoms in total. The number of rotatable bonds is 6. The van der Waals surface area contributed by atoms with Gasteiger partial charge in [-0.25, -0.2) is 0 Å². The van der Waals surface area contributed by atoms with Gasteiger partial charge in [-0.15, -0.1) is 0 Å². The van der Waals surface area contributed by atoms with Crippen molar-refractivity contribution in [2.45, 2.75) is 25.8 Å². The fourth-order valence-corrected chi connectivity index (χ4v) is 3.02. The van der Waals surface area contributed by atoms with Crippen LogP contribution in [0.2, 0.25) is 0 Å². The molecule has 1 heterocycles. The lowest BCUT2D eigenvalue weighted by atomic mass is 10.1. The predicted molar refractivity (Wildman–Crippen MR) is 91.9 cm³/mol. The first kappa shape index (κ1) is 16.1. The van der Waals surface area contributed by atoms with Crippen LogP contribution in [0.1, 0.15) is 19.8 Å². The third-order valence-electron chi connectivity index (χ3n) is 4.45. The van der Waals surface area contributed by atoms with Crippen LogP contribution in [-0.2, 0) is 0 Å². The van der Waals surface area contributed by atoms with Crippen molar-refractivity contribution < 1.29 is 0 Å². The summed E-state index contributed by atoms with van der Waals surface area (Å²) in [5.74, 6) is 0. The highest BCUT2D eigenvalue weighted by Crippen LogP contribution is 2.18. The molecule has 1 aliphatic rings. The monoisotopic (exact) mass is 290 g/mol. The molecule has 4 heteroatoms. The number of hydrogen-bond acceptors (Lipinski definition) is 4. The molecular weight excluding hydrogens is 260 g/mol. The summed E-state index contributed by atoms with van der Waals surface area (Å²) in [5, 5.41) is 0. The van der Waals surface area contributed by atoms with Crippen LogP contribution < -0.4 is 10.6 Å². The topological polar surface area (TPSA) is 35.7 Å². The Morgan fingerprint density at radius 1 is 1.10 bits per heavy atom. The number of nitrogens with zero attached hydrogens (tertiary/aromatic N) is 3. The van der Waals surface area contributed by atoms with E-state index in [1.807, 2.05) is 12.1 Å². The molecule has 118 valence electrons. The van der Waals surface area contributed by atoms with Crippen molar-refractivity contribution in [3.05, 3.63) is 24.3 Å². The SMILES string of the molecule is CCCC(CN1CCN(c2ccc(N)cc2)CC1)N(C)C. The Morgan fingerprint density at radius 2 is 1.71 bits per heavy atom. The van der Waals surface area contributed by atoms with Crippen molar-refractivity contribution >= 4 is 11.4 Å². The number of hydrogen-bond donors (Lipinski definition) is 1. The van der Waals surface area contributed by atoms with Gasteiger partial charge in [0, 0.05) is 50.1 Å². The third-order valence-corrected chi connectivity index (χ3v) is 4.45. The van der Waals surface area contributed by atoms with Crippen LogP contribution in [0, 0.1) is 0 Å². The summed E-state index contributed by atoms with van der Waals surface area (Å²) in [4.78, 5) is 7.43. The summed E-state index contributed by atoms with van der Waals surface area (Å²) in [6.45, 7) is 7.98. The zero-order valence-electron chi connectivity index (χ0n) is 13.8. The molecule has 2 N–H and O–H groups in total. The average molecular weight is 290 g/mol. The molecule has 1 aromatic rings. The first-order valence-corrected chi connectivity index (χ1v) is 8.09. The zero-order valence-corrected chi connectivity index (χ0v) is 13.8. The van der Waals surface area contributed by atoms with Gasteiger partial charge in [0.05, 0.1) is 0 Å². The Balaban J connectivity index is 1.83. The highest BCUT2D eigenvalue weighted by Gasteiger charge is 2.20. The molecule has 1 unspecified atom stereocenters. The normalized spacial score (nSPS) is 18.2. The van der Waals surface area contributed by atoms with Gasteiger partial charge in [0.1, 0.15) is 0 Å². The van der Waals surface area contributed by atoms with Gasteiger partial charge in [-0.2, -0.15) is 0 Å². The number of benzene rings is 1. The van der Waals surface area contributed by atoms with Crippen LogP contribution in [0.25, 0.3) is 0 Å². The molecule has 1 saturated heterocycles. The molecule has 2 rings (SSSR count). The quantitative estimate of drug-likeness (QED) is 0.814. The molecule has 0 saturated carbocycles. The summed E-state index contributed by atoms with van der Waals surface area (Å²) < 4.78 is 0. The minimum absolute atomic E-state index is 0.679. The van der Waals surface area contributed by atoms with E-state index in [-0.39, 0.29) is 0 Å². The van der Waals surface area contributed by atoms with Crippen molar-refractivity contribution in [2.24, 2.45) is 0 Å². The molecular formula is C17H30N4. The van der Waals surface area contributed by atoms with Crippen molar-refractivity contribution in [1.82, 2.24) is 9.80 Å². The zero-order chi connectivity index (χ0) is 15.2. The van der Waals surface area contributed by atoms with Crippen LogP contribution in [-0.4, -0.2) is 62.7 Å². The number of nitrogen functional groups attached to an aromatic ring is 1. The second kappa shape index (κ2) is 7.66. The second-order valence-electron chi connectivity index (χ2n) is 6.29. The van der Waals surface area contributed by atoms with E-state index in [0.717, 1.165) is 31.9 Å². The lowest BCUT2D eigenvalue weighted by molar-refractivity contribution is 0.168. The van der Waals surface area contributed by atoms with Crippen molar-refractivity contribution in [3.63, 3.8) is 0 Å². The van der Waals surface area contributed by atoms with Crippen LogP contribution >= 0.6 is 0 Å². The Hall–Kier alpha value is -1.26. The fourth-order valence-electron chi connectivity index (χ4n) is 3.02. The number of likely N-dealkylation sites (N-methyl/N-ethyl adjacent to an activating group) is 1. The highest BCUT2D eigenvalue weighted by atomic mass is 15.3. The Kier molecular flexibility index (Phi) is 5.88. The van der Waals surface area contributed by atoms with Gasteiger partial charge in [0.25, 0.3) is 0 Å². The summed E-state index contributed by atoms with van der Waals surface area (Å²) >= 11 is 0. The number of nitrogens with two attached hydrogens (primary N) is 1. The van der Waals surface area contributed by atoms with E-state index in [1.54, 1.807) is 0 Å². The molecule has 0 bridgehead atoms. The van der Waals surface area contributed by atoms with E-state index < -0.39 is 0 Å². The minimum Gasteiger partial charge on any atom is -0.399 e. The summed E-state index contributed by atoms with van der Waals surface area (Å²) in [5.41, 5.74) is 7.89. The molecule has 1 atom stereocenters. The molecule has 0 aromatic heterocycles. The maximum atomic E-state index is 5.76. The first-order valence-electron chi connectivity index (χ1n) is 8.09. The molecule has 0 spiro atoms. The molecule has 0 aliphatic carbocycles. The highest BCUT2D eigenvalue weighted by molar-refractivity contribution is 5.53. The van der Waals surface area contributed by atoms with E-state index >= 15 is 0 Å². The predicted octanol–water partition coefficient (Wildman–Crippen LogP) is 2.12. The molecule has 21 heavy (non-hydrogen) atoms. The van der Waals surface area contributed by atoms with Crippen molar-refractivity contribution in [1.29, 1.82) is 0 Å². The van der Waals surface area contributed by atoms with Gasteiger partial charge in [-0.05, 0) is 44.8 Å². The van der Waals surface area contributed by atoms with Crippen LogP contribution in [0.3, 0.4) is 0 Å². The summed E-state index contributed by atoms with van der Waals surface area (Å²) in [7, 11) is 4.40. The minimum atomic E-state index is 0.679. The average Bonchev–Trinajstić information content (AvgIpc) is 2.48. The van der Waals surface area contributed by atoms with E-state index in [0.29, 0.717) is 6.04 Å². The lowest BCUT2D eigenvalue weighted by Crippen LogP contribution is -2.50. The fraction of sp³-hybridized carbons (Fsp3) is 0.647. The molecule has 0 radical (unpaired) electrons. The standard InChI is InChI=1S/C17H30N4/c1-4-5-17(19(2)3)14-20-10-12-21(13-11-20)16-8-6-15(18)7-9-16/h6-9,17H,4-5,10-14,18H2,1-3H3. The van der Waals surface area contributed by atoms with Crippen LogP contribution in [0.15, 0.2) is 24.3 Å². The van der Waals surface area contributed by atoms with E-state index in [4.69, 9.17) is 5.73 Å². The summed E-state index contributed by atoms with van der Waals surface area (Å²) in [6, 6.07) is 8.92. The Morgan fingerprint density at radius 3 is 2.24 bits per heavy atom. The maximum absolute atomic E-state index is 5.76. The van der Waals surface area contributed by atoms with Gasteiger partial charge >= 0.3 is 0 Å². The van der Waals surface area contributed by atoms with Crippen LogP contribution in [0.4, 0.5) is 11.4 Å². The number of anilines is 2. The molecule has 1 aromatic carbocycles. The van der Waals surface area contributed by atoms with Gasteiger partial charge in [0.15, 0.2) is 0 Å². The van der Waals surface area contributed by atoms with Crippen molar-refractivity contribution in [2.75, 3.05) is 57.5 Å². The molecule has 1 aliphatic heterocycles. The smallest absolute Gasteiger partial charge is 0.0368 e. The van der Waals surface area contributed by atoms with E-state index in [2.05, 4.69) is 47.9 Å². The lowest BCUT2D eigenvalue weighted by Gasteiger charge is -2.38. The second-order valence-corrected chi connectivity index (χ2v) is 6.29. The maximum Gasteiger partial charge on any atom is 0.0368 e. The van der Waals surface area contributed by atoms with Crippen LogP contribution in [0.5, 0.6) is 0 Å².